The molecule has 0 saturated carbocycles. The van der Waals surface area contributed by atoms with Crippen LogP contribution in [0, 0.1) is 6.07 Å². The standard InChI is InChI=1S/C71H111N2O5.ClH.Pt/c1-5-9-13-17-21-25-29-33-37-41-52-75-68-57-65(58-69(76-53-42-38-34-30-26-22-18-14-10-6-2)70(68)77-54-43-39-35-31-27-23-19-15-11-7-3)63-48-50-66(72-59-63)61-46-45-47-62(56-61)67-51-49-64(60-73-67)71(74)78-55-44-40-36-32-28-24-20-16-12-8-4;;/h45-51,57-60H,5-44,52-55H2,1-4H3;1H;/q-1;;+2/p-1. The third kappa shape index (κ3) is 33.0. The Morgan fingerprint density at radius 1 is 0.400 bits per heavy atom. The van der Waals surface area contributed by atoms with E-state index in [4.69, 9.17) is 23.9 Å². The number of carbonyl (C=O) groups is 1. The number of hydrogen-bond acceptors (Lipinski definition) is 7. The molecule has 0 aliphatic rings. The molecule has 452 valence electrons. The molecule has 4 aromatic rings. The summed E-state index contributed by atoms with van der Waals surface area (Å²) in [7, 11) is 4.61. The molecule has 0 unspecified atom stereocenters. The number of benzene rings is 2. The van der Waals surface area contributed by atoms with Crippen molar-refractivity contribution in [3.05, 3.63) is 78.6 Å². The van der Waals surface area contributed by atoms with Gasteiger partial charge in [-0.15, -0.1) is 24.3 Å². The Morgan fingerprint density at radius 3 is 1.09 bits per heavy atom. The van der Waals surface area contributed by atoms with Crippen molar-refractivity contribution in [3.8, 4) is 50.9 Å². The van der Waals surface area contributed by atoms with E-state index in [-0.39, 0.29) is 5.97 Å². The van der Waals surface area contributed by atoms with Gasteiger partial charge in [0.15, 0.2) is 11.5 Å². The Balaban J connectivity index is 0.00000831. The third-order valence-corrected chi connectivity index (χ3v) is 15.5. The van der Waals surface area contributed by atoms with E-state index in [2.05, 4.69) is 72.4 Å². The Kier molecular flexibility index (Phi) is 44.4. The van der Waals surface area contributed by atoms with Gasteiger partial charge in [-0.2, -0.15) is 0 Å². The fraction of sp³-hybridized carbons (Fsp3) is 0.676. The summed E-state index contributed by atoms with van der Waals surface area (Å²) in [6.45, 7) is 11.5. The molecule has 0 atom stereocenters. The zero-order chi connectivity index (χ0) is 57.2. The van der Waals surface area contributed by atoms with E-state index in [1.54, 1.807) is 31.0 Å². The van der Waals surface area contributed by atoms with Gasteiger partial charge in [-0.3, -0.25) is 9.97 Å². The van der Waals surface area contributed by atoms with E-state index in [9.17, 15) is 4.79 Å². The minimum absolute atomic E-state index is 0.320. The number of rotatable bonds is 51. The molecule has 2 aromatic carbocycles. The Labute approximate surface area is 505 Å². The topological polar surface area (TPSA) is 79.8 Å². The molecule has 7 nitrogen and oxygen atoms in total. The maximum absolute atomic E-state index is 12.9. The minimum atomic E-state index is -0.320. The van der Waals surface area contributed by atoms with E-state index < -0.39 is 0 Å². The molecule has 0 amide bonds. The predicted molar refractivity (Wildman–Crippen MR) is 337 cm³/mol. The molecule has 4 rings (SSSR count). The van der Waals surface area contributed by atoms with Crippen molar-refractivity contribution < 1.29 is 42.5 Å². The summed E-state index contributed by atoms with van der Waals surface area (Å²) in [6, 6.07) is 21.7. The maximum atomic E-state index is 12.9. The third-order valence-electron chi connectivity index (χ3n) is 15.5. The molecule has 0 aliphatic carbocycles. The molecule has 0 saturated heterocycles. The molecule has 80 heavy (non-hydrogen) atoms. The summed E-state index contributed by atoms with van der Waals surface area (Å²) in [5.41, 5.74) is 5.72. The van der Waals surface area contributed by atoms with Crippen LogP contribution in [0.4, 0.5) is 0 Å². The number of hydrogen-bond donors (Lipinski definition) is 0. The van der Waals surface area contributed by atoms with Gasteiger partial charge in [0, 0.05) is 23.8 Å². The van der Waals surface area contributed by atoms with Crippen LogP contribution in [0.2, 0.25) is 0 Å². The summed E-state index contributed by atoms with van der Waals surface area (Å²) in [5, 5.41) is 0. The summed E-state index contributed by atoms with van der Waals surface area (Å²) < 4.78 is 25.8. The molecule has 2 aromatic heterocycles. The Morgan fingerprint density at radius 2 is 0.738 bits per heavy atom. The summed E-state index contributed by atoms with van der Waals surface area (Å²) in [6.07, 6.45) is 54.6. The number of pyridine rings is 2. The normalized spacial score (nSPS) is 11.1. The van der Waals surface area contributed by atoms with Crippen LogP contribution in [0.5, 0.6) is 17.2 Å². The van der Waals surface area contributed by atoms with Gasteiger partial charge in [0.05, 0.1) is 32.0 Å². The van der Waals surface area contributed by atoms with Crippen molar-refractivity contribution in [3.63, 3.8) is 0 Å². The van der Waals surface area contributed by atoms with Gasteiger partial charge in [-0.1, -0.05) is 294 Å². The van der Waals surface area contributed by atoms with Crippen LogP contribution in [0.15, 0.2) is 67.0 Å². The summed E-state index contributed by atoms with van der Waals surface area (Å²) >= 11 is 1.61. The van der Waals surface area contributed by atoms with Crippen molar-refractivity contribution in [1.82, 2.24) is 9.97 Å². The van der Waals surface area contributed by atoms with E-state index in [1.165, 1.54) is 225 Å². The summed E-state index contributed by atoms with van der Waals surface area (Å²) in [5.74, 6) is 1.95. The number of esters is 1. The monoisotopic (exact) mass is 1300 g/mol. The first-order valence-corrected chi connectivity index (χ1v) is 35.7. The van der Waals surface area contributed by atoms with Crippen LogP contribution >= 0.6 is 9.42 Å². The van der Waals surface area contributed by atoms with Gasteiger partial charge in [0.2, 0.25) is 5.75 Å². The number of aromatic nitrogens is 2. The molecule has 0 spiro atoms. The van der Waals surface area contributed by atoms with Crippen molar-refractivity contribution in [2.45, 2.75) is 285 Å². The van der Waals surface area contributed by atoms with Gasteiger partial charge in [0.1, 0.15) is 0 Å². The van der Waals surface area contributed by atoms with Gasteiger partial charge in [0.25, 0.3) is 0 Å². The number of nitrogens with zero attached hydrogens (tertiary/aromatic N) is 2. The molecule has 0 N–H and O–H groups in total. The van der Waals surface area contributed by atoms with Crippen molar-refractivity contribution in [2.24, 2.45) is 0 Å². The van der Waals surface area contributed by atoms with E-state index in [0.29, 0.717) is 32.0 Å². The van der Waals surface area contributed by atoms with Crippen LogP contribution in [-0.2, 0) is 23.5 Å². The van der Waals surface area contributed by atoms with Crippen LogP contribution in [-0.4, -0.2) is 42.4 Å². The van der Waals surface area contributed by atoms with Crippen LogP contribution < -0.4 is 14.2 Å². The first kappa shape index (κ1) is 70.9. The number of unbranched alkanes of at least 4 members (excludes halogenated alkanes) is 36. The van der Waals surface area contributed by atoms with Crippen molar-refractivity contribution in [2.75, 3.05) is 26.4 Å². The van der Waals surface area contributed by atoms with Gasteiger partial charge < -0.3 is 18.9 Å². The number of halogens is 1. The molecule has 0 aliphatic heterocycles. The van der Waals surface area contributed by atoms with Gasteiger partial charge >= 0.3 is 34.2 Å². The van der Waals surface area contributed by atoms with Gasteiger partial charge in [-0.25, -0.2) is 4.79 Å². The van der Waals surface area contributed by atoms with E-state index in [0.717, 1.165) is 83.0 Å². The molecule has 9 heteroatoms. The van der Waals surface area contributed by atoms with Gasteiger partial charge in [-0.05, 0) is 48.9 Å². The van der Waals surface area contributed by atoms with Crippen LogP contribution in [0.1, 0.15) is 295 Å². The molecule has 0 bridgehead atoms. The zero-order valence-corrected chi connectivity index (χ0v) is 54.1. The Hall–Kier alpha value is -3.41. The predicted octanol–water partition coefficient (Wildman–Crippen LogP) is 22.9. The fourth-order valence-electron chi connectivity index (χ4n) is 10.4. The molecule has 0 fully saturated rings. The molecule has 0 radical (unpaired) electrons. The second-order valence-corrected chi connectivity index (χ2v) is 22.6. The average molecular weight is 1300 g/mol. The summed E-state index contributed by atoms with van der Waals surface area (Å²) in [4.78, 5) is 22.5. The second kappa shape index (κ2) is 50.1. The SMILES string of the molecule is CCCCCCCCCCCCOC(=O)c1ccc(-c2[c-]c(-c3ccc(-c4cc(OCCCCCCCCCCCC)c(OCCCCCCCCCCCC)c(OCCCCCCCCCCCC)c4)cn3)ccc2)nc1.[Cl][Pt+]. The molecular weight excluding hydrogens is 1190 g/mol. The molecule has 2 heterocycles. The van der Waals surface area contributed by atoms with Crippen LogP contribution in [0.3, 0.4) is 0 Å². The zero-order valence-electron chi connectivity index (χ0n) is 51.1. The first-order chi connectivity index (χ1) is 39.6. The number of ether oxygens (including phenoxy) is 4. The van der Waals surface area contributed by atoms with Crippen molar-refractivity contribution in [1.29, 1.82) is 0 Å². The second-order valence-electron chi connectivity index (χ2n) is 22.6. The Bertz CT molecular complexity index is 2020. The van der Waals surface area contributed by atoms with E-state index >= 15 is 0 Å². The average Bonchev–Trinajstić information content (AvgIpc) is 3.51. The number of carbonyl (C=O) groups excluding carboxylic acids is 1. The van der Waals surface area contributed by atoms with E-state index in [1.807, 2.05) is 30.5 Å². The quantitative estimate of drug-likeness (QED) is 0.0248. The fourth-order valence-corrected chi connectivity index (χ4v) is 10.4. The van der Waals surface area contributed by atoms with Crippen molar-refractivity contribution >= 4 is 15.4 Å². The molecular formula is C71H111ClN2O5Pt. The first-order valence-electron chi connectivity index (χ1n) is 32.9. The van der Waals surface area contributed by atoms with Crippen LogP contribution in [0.25, 0.3) is 33.6 Å².